The first-order valence-corrected chi connectivity index (χ1v) is 8.36. The van der Waals surface area contributed by atoms with Crippen LogP contribution in [0.5, 0.6) is 0 Å². The van der Waals surface area contributed by atoms with Crippen LogP contribution in [-0.4, -0.2) is 49.2 Å². The average molecular weight is 284 g/mol. The van der Waals surface area contributed by atoms with Crippen LogP contribution < -0.4 is 5.32 Å². The summed E-state index contributed by atoms with van der Waals surface area (Å²) in [6.45, 7) is 9.78. The van der Waals surface area contributed by atoms with E-state index in [9.17, 15) is 4.79 Å². The largest absolute Gasteiger partial charge is 0.465 e. The molecular weight excluding hydrogens is 252 g/mol. The Morgan fingerprint density at radius 1 is 1.35 bits per heavy atom. The predicted molar refractivity (Wildman–Crippen MR) is 82.8 cm³/mol. The number of rotatable bonds is 10. The molecule has 2 atom stereocenters. The molecule has 2 unspecified atom stereocenters. The molecular formula is C16H32N2O2. The Hall–Kier alpha value is -0.610. The summed E-state index contributed by atoms with van der Waals surface area (Å²) in [7, 11) is 0. The molecule has 0 aliphatic carbocycles. The molecule has 1 heterocycles. The standard InChI is InChI=1S/C16H32N2O2/c1-4-7-12-18(13-14-10-8-11-17-14)15(9-5-2)16(19)20-6-3/h14-15,17H,4-13H2,1-3H3. The van der Waals surface area contributed by atoms with E-state index in [0.29, 0.717) is 12.6 Å². The van der Waals surface area contributed by atoms with Gasteiger partial charge >= 0.3 is 5.97 Å². The Kier molecular flexibility index (Phi) is 8.86. The summed E-state index contributed by atoms with van der Waals surface area (Å²) in [6.07, 6.45) is 6.70. The van der Waals surface area contributed by atoms with Crippen molar-refractivity contribution in [2.75, 3.05) is 26.2 Å². The molecule has 1 fully saturated rings. The highest BCUT2D eigenvalue weighted by molar-refractivity contribution is 5.75. The van der Waals surface area contributed by atoms with E-state index in [1.807, 2.05) is 6.92 Å². The summed E-state index contributed by atoms with van der Waals surface area (Å²) in [6, 6.07) is 0.481. The lowest BCUT2D eigenvalue weighted by atomic mass is 10.1. The summed E-state index contributed by atoms with van der Waals surface area (Å²) in [5.74, 6) is -0.0385. The zero-order valence-corrected chi connectivity index (χ0v) is 13.5. The Bertz CT molecular complexity index is 265. The lowest BCUT2D eigenvalue weighted by Crippen LogP contribution is -2.48. The van der Waals surface area contributed by atoms with Crippen LogP contribution in [0.1, 0.15) is 59.3 Å². The van der Waals surface area contributed by atoms with Crippen molar-refractivity contribution in [3.05, 3.63) is 0 Å². The molecule has 118 valence electrons. The normalized spacial score (nSPS) is 20.3. The molecule has 0 saturated carbocycles. The number of hydrogen-bond acceptors (Lipinski definition) is 4. The van der Waals surface area contributed by atoms with Gasteiger partial charge in [-0.25, -0.2) is 0 Å². The number of esters is 1. The van der Waals surface area contributed by atoms with Crippen molar-refractivity contribution < 1.29 is 9.53 Å². The molecule has 0 aromatic rings. The molecule has 1 aliphatic heterocycles. The van der Waals surface area contributed by atoms with Gasteiger partial charge in [-0.2, -0.15) is 0 Å². The first kappa shape index (κ1) is 17.4. The maximum atomic E-state index is 12.2. The zero-order chi connectivity index (χ0) is 14.8. The topological polar surface area (TPSA) is 41.6 Å². The minimum atomic E-state index is -0.0612. The molecule has 20 heavy (non-hydrogen) atoms. The lowest BCUT2D eigenvalue weighted by molar-refractivity contribution is -0.150. The molecule has 4 heteroatoms. The Morgan fingerprint density at radius 3 is 2.70 bits per heavy atom. The minimum absolute atomic E-state index is 0.0385. The van der Waals surface area contributed by atoms with E-state index in [-0.39, 0.29) is 12.0 Å². The van der Waals surface area contributed by atoms with Gasteiger partial charge in [0.1, 0.15) is 6.04 Å². The van der Waals surface area contributed by atoms with E-state index in [2.05, 4.69) is 24.1 Å². The van der Waals surface area contributed by atoms with Crippen LogP contribution in [0.3, 0.4) is 0 Å². The number of hydrogen-bond donors (Lipinski definition) is 1. The second-order valence-corrected chi connectivity index (χ2v) is 5.70. The van der Waals surface area contributed by atoms with Crippen LogP contribution >= 0.6 is 0 Å². The monoisotopic (exact) mass is 284 g/mol. The summed E-state index contributed by atoms with van der Waals surface area (Å²) in [5.41, 5.74) is 0. The molecule has 1 aliphatic rings. The highest BCUT2D eigenvalue weighted by atomic mass is 16.5. The van der Waals surface area contributed by atoms with Gasteiger partial charge in [0.15, 0.2) is 0 Å². The molecule has 0 radical (unpaired) electrons. The van der Waals surface area contributed by atoms with Gasteiger partial charge < -0.3 is 10.1 Å². The van der Waals surface area contributed by atoms with Gasteiger partial charge in [0.25, 0.3) is 0 Å². The van der Waals surface area contributed by atoms with Crippen molar-refractivity contribution in [3.8, 4) is 0 Å². The Balaban J connectivity index is 2.65. The zero-order valence-electron chi connectivity index (χ0n) is 13.5. The van der Waals surface area contributed by atoms with E-state index in [1.165, 1.54) is 12.8 Å². The summed E-state index contributed by atoms with van der Waals surface area (Å²) >= 11 is 0. The summed E-state index contributed by atoms with van der Waals surface area (Å²) in [4.78, 5) is 14.6. The molecule has 0 aromatic carbocycles. The van der Waals surface area contributed by atoms with Gasteiger partial charge in [0.2, 0.25) is 0 Å². The van der Waals surface area contributed by atoms with E-state index in [0.717, 1.165) is 45.3 Å². The van der Waals surface area contributed by atoms with Crippen molar-refractivity contribution in [1.82, 2.24) is 10.2 Å². The Morgan fingerprint density at radius 2 is 2.15 bits per heavy atom. The van der Waals surface area contributed by atoms with Crippen LogP contribution in [-0.2, 0) is 9.53 Å². The van der Waals surface area contributed by atoms with Gasteiger partial charge in [0.05, 0.1) is 6.61 Å². The quantitative estimate of drug-likeness (QED) is 0.626. The fourth-order valence-electron chi connectivity index (χ4n) is 2.89. The smallest absolute Gasteiger partial charge is 0.323 e. The van der Waals surface area contributed by atoms with Crippen LogP contribution in [0.15, 0.2) is 0 Å². The van der Waals surface area contributed by atoms with Crippen LogP contribution in [0.2, 0.25) is 0 Å². The second kappa shape index (κ2) is 10.2. The van der Waals surface area contributed by atoms with E-state index < -0.39 is 0 Å². The fourth-order valence-corrected chi connectivity index (χ4v) is 2.89. The molecule has 1 N–H and O–H groups in total. The average Bonchev–Trinajstić information content (AvgIpc) is 2.94. The number of carbonyl (C=O) groups is 1. The third-order valence-electron chi connectivity index (χ3n) is 3.98. The van der Waals surface area contributed by atoms with E-state index in [4.69, 9.17) is 4.74 Å². The van der Waals surface area contributed by atoms with Gasteiger partial charge in [-0.15, -0.1) is 0 Å². The highest BCUT2D eigenvalue weighted by Gasteiger charge is 2.28. The molecule has 0 spiro atoms. The number of ether oxygens (including phenoxy) is 1. The van der Waals surface area contributed by atoms with Crippen LogP contribution in [0, 0.1) is 0 Å². The molecule has 1 saturated heterocycles. The Labute approximate surface area is 124 Å². The van der Waals surface area contributed by atoms with Crippen molar-refractivity contribution >= 4 is 5.97 Å². The molecule has 0 amide bonds. The molecule has 1 rings (SSSR count). The van der Waals surface area contributed by atoms with Gasteiger partial charge in [-0.05, 0) is 45.7 Å². The predicted octanol–water partition coefficient (Wildman–Crippen LogP) is 2.57. The van der Waals surface area contributed by atoms with Crippen molar-refractivity contribution in [2.24, 2.45) is 0 Å². The lowest BCUT2D eigenvalue weighted by Gasteiger charge is -2.32. The van der Waals surface area contributed by atoms with Crippen molar-refractivity contribution in [1.29, 1.82) is 0 Å². The van der Waals surface area contributed by atoms with Crippen LogP contribution in [0.4, 0.5) is 0 Å². The number of unbranched alkanes of at least 4 members (excludes halogenated alkanes) is 1. The molecule has 0 aromatic heterocycles. The van der Waals surface area contributed by atoms with Crippen LogP contribution in [0.25, 0.3) is 0 Å². The highest BCUT2D eigenvalue weighted by Crippen LogP contribution is 2.15. The molecule has 0 bridgehead atoms. The number of carbonyl (C=O) groups excluding carboxylic acids is 1. The fraction of sp³-hybridized carbons (Fsp3) is 0.938. The van der Waals surface area contributed by atoms with Crippen molar-refractivity contribution in [2.45, 2.75) is 71.4 Å². The summed E-state index contributed by atoms with van der Waals surface area (Å²) < 4.78 is 5.28. The van der Waals surface area contributed by atoms with E-state index >= 15 is 0 Å². The number of nitrogens with zero attached hydrogens (tertiary/aromatic N) is 1. The van der Waals surface area contributed by atoms with E-state index in [1.54, 1.807) is 0 Å². The maximum absolute atomic E-state index is 12.2. The first-order valence-electron chi connectivity index (χ1n) is 8.36. The third-order valence-corrected chi connectivity index (χ3v) is 3.98. The second-order valence-electron chi connectivity index (χ2n) is 5.70. The third kappa shape index (κ3) is 5.80. The number of nitrogens with one attached hydrogen (secondary N) is 1. The first-order chi connectivity index (χ1) is 9.72. The SMILES string of the molecule is CCCCN(CC1CCCN1)C(CCC)C(=O)OCC. The van der Waals surface area contributed by atoms with Crippen molar-refractivity contribution in [3.63, 3.8) is 0 Å². The van der Waals surface area contributed by atoms with Gasteiger partial charge in [0, 0.05) is 12.6 Å². The van der Waals surface area contributed by atoms with Gasteiger partial charge in [-0.3, -0.25) is 9.69 Å². The molecule has 4 nitrogen and oxygen atoms in total. The summed E-state index contributed by atoms with van der Waals surface area (Å²) in [5, 5.41) is 3.54. The maximum Gasteiger partial charge on any atom is 0.323 e. The minimum Gasteiger partial charge on any atom is -0.465 e. The van der Waals surface area contributed by atoms with Gasteiger partial charge in [-0.1, -0.05) is 26.7 Å².